The number of thiophene rings is 1. The fourth-order valence-corrected chi connectivity index (χ4v) is 11.8. The van der Waals surface area contributed by atoms with Crippen LogP contribution in [0.5, 0.6) is 0 Å². The van der Waals surface area contributed by atoms with Gasteiger partial charge in [-0.2, -0.15) is 0 Å². The summed E-state index contributed by atoms with van der Waals surface area (Å²) in [5, 5.41) is 2.61. The van der Waals surface area contributed by atoms with E-state index >= 15 is 0 Å². The molecule has 0 spiro atoms. The van der Waals surface area contributed by atoms with Crippen molar-refractivity contribution in [1.82, 2.24) is 0 Å². The lowest BCUT2D eigenvalue weighted by Gasteiger charge is -2.35. The van der Waals surface area contributed by atoms with E-state index in [1.807, 2.05) is 11.3 Å². The van der Waals surface area contributed by atoms with E-state index in [0.717, 1.165) is 11.4 Å². The molecule has 0 bridgehead atoms. The van der Waals surface area contributed by atoms with Crippen LogP contribution in [-0.2, 0) is 10.8 Å². The molecule has 2 aliphatic carbocycles. The van der Waals surface area contributed by atoms with Gasteiger partial charge in [0.2, 0.25) is 0 Å². The summed E-state index contributed by atoms with van der Waals surface area (Å²) in [6.07, 6.45) is 0. The summed E-state index contributed by atoms with van der Waals surface area (Å²) < 4.78 is 2.59. The van der Waals surface area contributed by atoms with Crippen molar-refractivity contribution in [2.24, 2.45) is 0 Å². The molecule has 10 aromatic rings. The van der Waals surface area contributed by atoms with Crippen LogP contribution in [0.15, 0.2) is 218 Å². The van der Waals surface area contributed by atoms with Gasteiger partial charge in [0.05, 0.1) is 11.1 Å². The van der Waals surface area contributed by atoms with Crippen LogP contribution in [0.2, 0.25) is 0 Å². The van der Waals surface area contributed by atoms with E-state index in [-0.39, 0.29) is 5.41 Å². The Balaban J connectivity index is 1.17. The second kappa shape index (κ2) is 13.0. The zero-order chi connectivity index (χ0) is 39.1. The Morgan fingerprint density at radius 1 is 0.373 bits per heavy atom. The van der Waals surface area contributed by atoms with Crippen molar-refractivity contribution in [3.63, 3.8) is 0 Å². The Labute approximate surface area is 349 Å². The molecule has 0 saturated carbocycles. The highest BCUT2D eigenvalue weighted by Crippen LogP contribution is 2.60. The van der Waals surface area contributed by atoms with Crippen LogP contribution in [-0.4, -0.2) is 0 Å². The van der Waals surface area contributed by atoms with Gasteiger partial charge >= 0.3 is 0 Å². The summed E-state index contributed by atoms with van der Waals surface area (Å²) in [6.45, 7) is 2.41. The van der Waals surface area contributed by atoms with E-state index in [1.54, 1.807) is 0 Å². The van der Waals surface area contributed by atoms with E-state index in [2.05, 4.69) is 230 Å². The highest BCUT2D eigenvalue weighted by molar-refractivity contribution is 7.25. The van der Waals surface area contributed by atoms with Crippen LogP contribution >= 0.6 is 11.3 Å². The number of hydrogen-bond acceptors (Lipinski definition) is 2. The Bertz CT molecular complexity index is 3200. The predicted molar refractivity (Wildman–Crippen MR) is 249 cm³/mol. The second-order valence-electron chi connectivity index (χ2n) is 16.1. The quantitative estimate of drug-likeness (QED) is 0.163. The minimum atomic E-state index is -0.511. The lowest BCUT2D eigenvalue weighted by atomic mass is 9.67. The summed E-state index contributed by atoms with van der Waals surface area (Å²) in [5.41, 5.74) is 16.9. The van der Waals surface area contributed by atoms with Crippen LogP contribution < -0.4 is 4.90 Å². The van der Waals surface area contributed by atoms with Crippen molar-refractivity contribution >= 4 is 48.6 Å². The molecule has 1 nitrogen and oxygen atoms in total. The Kier molecular flexibility index (Phi) is 7.51. The Hall–Kier alpha value is -7.00. The molecule has 1 heterocycles. The zero-order valence-corrected chi connectivity index (χ0v) is 33.5. The minimum absolute atomic E-state index is 0.320. The molecule has 0 saturated heterocycles. The van der Waals surface area contributed by atoms with E-state index in [1.165, 1.54) is 87.1 Å². The second-order valence-corrected chi connectivity index (χ2v) is 17.2. The molecule has 9 aromatic carbocycles. The molecule has 1 unspecified atom stereocenters. The third kappa shape index (κ3) is 4.78. The SMILES string of the molecule is CC1(c2ccccc2)c2ccccc2-c2c(N(c3ccc4c(c3)C(c3ccccc3)(c3ccccc3)c3ccccc3-4)c3ccc4c(c3)sc3ccccc34)cccc21. The molecule has 0 N–H and O–H groups in total. The van der Waals surface area contributed by atoms with Crippen molar-refractivity contribution in [2.45, 2.75) is 17.8 Å². The van der Waals surface area contributed by atoms with Gasteiger partial charge < -0.3 is 4.90 Å². The summed E-state index contributed by atoms with van der Waals surface area (Å²) in [4.78, 5) is 2.54. The minimum Gasteiger partial charge on any atom is -0.310 e. The summed E-state index contributed by atoms with van der Waals surface area (Å²) in [7, 11) is 0. The van der Waals surface area contributed by atoms with Gasteiger partial charge in [0, 0.05) is 42.5 Å². The molecule has 12 rings (SSSR count). The van der Waals surface area contributed by atoms with Crippen LogP contribution in [0.25, 0.3) is 42.4 Å². The van der Waals surface area contributed by atoms with Crippen molar-refractivity contribution < 1.29 is 0 Å². The smallest absolute Gasteiger partial charge is 0.0714 e. The first-order valence-electron chi connectivity index (χ1n) is 20.5. The van der Waals surface area contributed by atoms with Crippen LogP contribution in [0.1, 0.15) is 45.9 Å². The number of anilines is 3. The van der Waals surface area contributed by atoms with Crippen molar-refractivity contribution in [2.75, 3.05) is 4.90 Å². The molecule has 1 atom stereocenters. The van der Waals surface area contributed by atoms with Gasteiger partial charge in [-0.25, -0.2) is 0 Å². The lowest BCUT2D eigenvalue weighted by molar-refractivity contribution is 0.714. The molecule has 1 aromatic heterocycles. The topological polar surface area (TPSA) is 3.24 Å². The summed E-state index contributed by atoms with van der Waals surface area (Å²) >= 11 is 1.87. The fourth-order valence-electron chi connectivity index (χ4n) is 10.6. The van der Waals surface area contributed by atoms with E-state index in [9.17, 15) is 0 Å². The third-order valence-electron chi connectivity index (χ3n) is 13.2. The van der Waals surface area contributed by atoms with Crippen molar-refractivity contribution in [3.8, 4) is 22.3 Å². The molecule has 2 heteroatoms. The lowest BCUT2D eigenvalue weighted by Crippen LogP contribution is -2.28. The van der Waals surface area contributed by atoms with Crippen molar-refractivity contribution in [1.29, 1.82) is 0 Å². The maximum Gasteiger partial charge on any atom is 0.0714 e. The first kappa shape index (κ1) is 34.1. The average Bonchev–Trinajstić information content (AvgIpc) is 3.92. The maximum absolute atomic E-state index is 2.54. The largest absolute Gasteiger partial charge is 0.310 e. The van der Waals surface area contributed by atoms with Crippen molar-refractivity contribution in [3.05, 3.63) is 257 Å². The van der Waals surface area contributed by atoms with Crippen LogP contribution in [0.3, 0.4) is 0 Å². The van der Waals surface area contributed by atoms with E-state index in [0.29, 0.717) is 0 Å². The third-order valence-corrected chi connectivity index (χ3v) is 14.4. The molecule has 278 valence electrons. The fraction of sp³-hybridized carbons (Fsp3) is 0.0526. The number of fused-ring (bicyclic) bond motifs is 9. The monoisotopic (exact) mass is 769 g/mol. The Morgan fingerprint density at radius 3 is 1.66 bits per heavy atom. The number of hydrogen-bond donors (Lipinski definition) is 0. The summed E-state index contributed by atoms with van der Waals surface area (Å²) in [6, 6.07) is 81.5. The van der Waals surface area contributed by atoms with Gasteiger partial charge in [0.1, 0.15) is 0 Å². The molecule has 59 heavy (non-hydrogen) atoms. The maximum atomic E-state index is 2.54. The van der Waals surface area contributed by atoms with Crippen LogP contribution in [0, 0.1) is 0 Å². The zero-order valence-electron chi connectivity index (χ0n) is 32.6. The van der Waals surface area contributed by atoms with E-state index in [4.69, 9.17) is 0 Å². The van der Waals surface area contributed by atoms with Gasteiger partial charge in [-0.3, -0.25) is 0 Å². The predicted octanol–water partition coefficient (Wildman–Crippen LogP) is 15.2. The molecular weight excluding hydrogens is 731 g/mol. The highest BCUT2D eigenvalue weighted by atomic mass is 32.1. The average molecular weight is 770 g/mol. The first-order chi connectivity index (χ1) is 29.2. The normalized spacial score (nSPS) is 15.7. The molecule has 0 aliphatic heterocycles. The molecule has 2 aliphatic rings. The molecule has 0 fully saturated rings. The van der Waals surface area contributed by atoms with Gasteiger partial charge in [-0.15, -0.1) is 11.3 Å². The van der Waals surface area contributed by atoms with Gasteiger partial charge in [0.25, 0.3) is 0 Å². The molecule has 0 radical (unpaired) electrons. The molecule has 0 amide bonds. The Morgan fingerprint density at radius 2 is 0.915 bits per heavy atom. The summed E-state index contributed by atoms with van der Waals surface area (Å²) in [5.74, 6) is 0. The van der Waals surface area contributed by atoms with E-state index < -0.39 is 5.41 Å². The first-order valence-corrected chi connectivity index (χ1v) is 21.3. The standard InChI is InChI=1S/C57H39NS/c1-56(38-18-5-2-6-19-38)48-27-14-12-26-47(48)55-50(56)29-17-30-52(55)58(42-33-35-46-45-25-13-16-31-53(45)59-54(46)37-42)41-32-34-44-43-24-11-15-28-49(43)57(51(44)36-41,39-20-7-3-8-21-39)40-22-9-4-10-23-40/h2-37H,1H3. The van der Waals surface area contributed by atoms with Crippen LogP contribution in [0.4, 0.5) is 17.1 Å². The highest BCUT2D eigenvalue weighted by Gasteiger charge is 2.47. The van der Waals surface area contributed by atoms with Gasteiger partial charge in [-0.1, -0.05) is 182 Å². The number of nitrogens with zero attached hydrogens (tertiary/aromatic N) is 1. The van der Waals surface area contributed by atoms with Gasteiger partial charge in [-0.05, 0) is 99.0 Å². The number of benzene rings is 9. The molecular formula is C57H39NS. The number of rotatable bonds is 6. The van der Waals surface area contributed by atoms with Gasteiger partial charge in [0.15, 0.2) is 0 Å².